The summed E-state index contributed by atoms with van der Waals surface area (Å²) in [6.45, 7) is 2.46. The Morgan fingerprint density at radius 2 is 2.03 bits per heavy atom. The largest absolute Gasteiger partial charge is 0.491 e. The Balaban J connectivity index is 1.54. The van der Waals surface area contributed by atoms with Gasteiger partial charge in [0.25, 0.3) is 0 Å². The van der Waals surface area contributed by atoms with Crippen LogP contribution in [-0.2, 0) is 7.05 Å². The fourth-order valence-corrected chi connectivity index (χ4v) is 2.90. The molecule has 0 aliphatic carbocycles. The molecular weight excluding hydrogens is 368 g/mol. The maximum absolute atomic E-state index is 13.0. The molecule has 2 aromatic heterocycles. The number of carbonyl (C=O) groups excluding carboxylic acids is 1. The number of carbonyl (C=O) groups is 1. The second-order valence-corrected chi connectivity index (χ2v) is 6.36. The Morgan fingerprint density at radius 1 is 1.21 bits per heavy atom. The van der Waals surface area contributed by atoms with Gasteiger partial charge in [-0.3, -0.25) is 19.9 Å². The third kappa shape index (κ3) is 4.01. The van der Waals surface area contributed by atoms with Crippen molar-refractivity contribution in [1.82, 2.24) is 25.2 Å². The van der Waals surface area contributed by atoms with E-state index in [0.717, 1.165) is 11.3 Å². The number of ketones is 1. The Kier molecular flexibility index (Phi) is 5.07. The lowest BCUT2D eigenvalue weighted by molar-refractivity contribution is 0.102. The number of hydrogen-bond acceptors (Lipinski definition) is 7. The summed E-state index contributed by atoms with van der Waals surface area (Å²) >= 11 is 0. The van der Waals surface area contributed by atoms with Gasteiger partial charge in [0.15, 0.2) is 11.6 Å². The third-order valence-electron chi connectivity index (χ3n) is 4.28. The molecule has 0 unspecified atom stereocenters. The van der Waals surface area contributed by atoms with Gasteiger partial charge < -0.3 is 4.74 Å². The molecule has 29 heavy (non-hydrogen) atoms. The average molecular weight is 388 g/mol. The van der Waals surface area contributed by atoms with Gasteiger partial charge in [-0.1, -0.05) is 18.2 Å². The van der Waals surface area contributed by atoms with Gasteiger partial charge in [0.05, 0.1) is 31.4 Å². The average Bonchev–Trinajstić information content (AvgIpc) is 3.20. The quantitative estimate of drug-likeness (QED) is 0.650. The van der Waals surface area contributed by atoms with Gasteiger partial charge in [-0.25, -0.2) is 9.97 Å². The van der Waals surface area contributed by atoms with Gasteiger partial charge in [-0.05, 0) is 25.1 Å². The minimum Gasteiger partial charge on any atom is -0.491 e. The zero-order chi connectivity index (χ0) is 20.2. The van der Waals surface area contributed by atoms with Crippen molar-refractivity contribution in [2.24, 2.45) is 7.05 Å². The van der Waals surface area contributed by atoms with Gasteiger partial charge >= 0.3 is 0 Å². The molecule has 0 spiro atoms. The topological polar surface area (TPSA) is 85.2 Å². The van der Waals surface area contributed by atoms with E-state index < -0.39 is 0 Å². The molecule has 3 aromatic rings. The Hall–Kier alpha value is -3.94. The van der Waals surface area contributed by atoms with Crippen LogP contribution in [0, 0.1) is 0 Å². The number of aryl methyl sites for hydroxylation is 1. The van der Waals surface area contributed by atoms with Crippen molar-refractivity contribution in [3.63, 3.8) is 0 Å². The normalized spacial score (nSPS) is 13.0. The van der Waals surface area contributed by atoms with E-state index in [2.05, 4.69) is 20.5 Å². The molecule has 1 aliphatic rings. The number of allylic oxidation sites excluding steroid dienone is 3. The minimum atomic E-state index is -0.129. The molecule has 3 heterocycles. The van der Waals surface area contributed by atoms with Gasteiger partial charge in [0.1, 0.15) is 11.4 Å². The van der Waals surface area contributed by atoms with Gasteiger partial charge in [-0.15, -0.1) is 0 Å². The summed E-state index contributed by atoms with van der Waals surface area (Å²) in [4.78, 5) is 21.7. The van der Waals surface area contributed by atoms with E-state index in [1.54, 1.807) is 46.5 Å². The standard InChI is InChI=1S/C21H20N6O2/c1-3-29-18-12-22-21(23-13-18)16-7-4-6-15(10-16)20(28)19-8-5-9-27(25-19)17-11-24-26(2)14-17/h4-14,25H,3H2,1-2H3. The number of ether oxygens (including phenoxy) is 1. The first-order chi connectivity index (χ1) is 14.1. The number of rotatable bonds is 6. The van der Waals surface area contributed by atoms with Crippen molar-refractivity contribution in [3.05, 3.63) is 78.7 Å². The van der Waals surface area contributed by atoms with Crippen LogP contribution in [0.25, 0.3) is 11.4 Å². The van der Waals surface area contributed by atoms with E-state index in [0.29, 0.717) is 29.4 Å². The van der Waals surface area contributed by atoms with E-state index in [1.807, 2.05) is 44.6 Å². The van der Waals surface area contributed by atoms with Gasteiger partial charge in [-0.2, -0.15) is 5.10 Å². The van der Waals surface area contributed by atoms with Crippen LogP contribution in [0.2, 0.25) is 0 Å². The summed E-state index contributed by atoms with van der Waals surface area (Å²) in [6.07, 6.45) is 12.2. The Labute approximate surface area is 168 Å². The minimum absolute atomic E-state index is 0.129. The van der Waals surface area contributed by atoms with Crippen molar-refractivity contribution < 1.29 is 9.53 Å². The summed E-state index contributed by atoms with van der Waals surface area (Å²) in [5.41, 5.74) is 5.71. The van der Waals surface area contributed by atoms with Crippen LogP contribution >= 0.6 is 0 Å². The molecule has 1 aromatic carbocycles. The molecule has 1 aliphatic heterocycles. The lowest BCUT2D eigenvalue weighted by atomic mass is 10.0. The highest BCUT2D eigenvalue weighted by Crippen LogP contribution is 2.21. The molecule has 0 bridgehead atoms. The zero-order valence-electron chi connectivity index (χ0n) is 16.1. The number of benzene rings is 1. The SMILES string of the molecule is CCOc1cnc(-c2cccc(C(=O)C3=CC=CN(c4cnn(C)c4)N3)c2)nc1. The maximum atomic E-state index is 13.0. The summed E-state index contributed by atoms with van der Waals surface area (Å²) < 4.78 is 7.07. The summed E-state index contributed by atoms with van der Waals surface area (Å²) in [5, 5.41) is 5.91. The number of Topliss-reactive ketones (excluding diaryl/α,β-unsaturated/α-hetero) is 1. The summed E-state index contributed by atoms with van der Waals surface area (Å²) in [5.74, 6) is 1.02. The lowest BCUT2D eigenvalue weighted by Crippen LogP contribution is -2.37. The molecular formula is C21H20N6O2. The molecule has 0 saturated carbocycles. The monoisotopic (exact) mass is 388 g/mol. The van der Waals surface area contributed by atoms with E-state index in [-0.39, 0.29) is 5.78 Å². The first-order valence-electron chi connectivity index (χ1n) is 9.17. The number of hydrazine groups is 1. The molecule has 8 heteroatoms. The van der Waals surface area contributed by atoms with E-state index in [9.17, 15) is 4.79 Å². The predicted octanol–water partition coefficient (Wildman–Crippen LogP) is 2.88. The van der Waals surface area contributed by atoms with Crippen LogP contribution in [0.5, 0.6) is 5.75 Å². The van der Waals surface area contributed by atoms with Crippen molar-refractivity contribution in [2.45, 2.75) is 6.92 Å². The molecule has 1 N–H and O–H groups in total. The highest BCUT2D eigenvalue weighted by atomic mass is 16.5. The first kappa shape index (κ1) is 18.4. The molecule has 8 nitrogen and oxygen atoms in total. The summed E-state index contributed by atoms with van der Waals surface area (Å²) in [6, 6.07) is 7.25. The fourth-order valence-electron chi connectivity index (χ4n) is 2.90. The van der Waals surface area contributed by atoms with Crippen LogP contribution in [0.15, 0.2) is 73.1 Å². The Morgan fingerprint density at radius 3 is 2.76 bits per heavy atom. The van der Waals surface area contributed by atoms with E-state index in [1.165, 1.54) is 0 Å². The molecule has 0 radical (unpaired) electrons. The third-order valence-corrected chi connectivity index (χ3v) is 4.28. The molecule has 0 fully saturated rings. The Bertz CT molecular complexity index is 1080. The van der Waals surface area contributed by atoms with Gasteiger partial charge in [0.2, 0.25) is 5.78 Å². The highest BCUT2D eigenvalue weighted by Gasteiger charge is 2.18. The van der Waals surface area contributed by atoms with Crippen molar-refractivity contribution in [1.29, 1.82) is 0 Å². The molecule has 4 rings (SSSR count). The van der Waals surface area contributed by atoms with Crippen LogP contribution < -0.4 is 15.2 Å². The number of anilines is 1. The first-order valence-corrected chi connectivity index (χ1v) is 9.17. The van der Waals surface area contributed by atoms with Crippen LogP contribution in [0.4, 0.5) is 5.69 Å². The number of aromatic nitrogens is 4. The summed E-state index contributed by atoms with van der Waals surface area (Å²) in [7, 11) is 1.84. The fraction of sp³-hybridized carbons (Fsp3) is 0.143. The zero-order valence-corrected chi connectivity index (χ0v) is 16.1. The predicted molar refractivity (Wildman–Crippen MR) is 109 cm³/mol. The van der Waals surface area contributed by atoms with Crippen molar-refractivity contribution in [2.75, 3.05) is 11.6 Å². The molecule has 0 saturated heterocycles. The van der Waals surface area contributed by atoms with Crippen LogP contribution in [0.1, 0.15) is 17.3 Å². The number of hydrogen-bond donors (Lipinski definition) is 1. The number of nitrogens with zero attached hydrogens (tertiary/aromatic N) is 5. The number of nitrogens with one attached hydrogen (secondary N) is 1. The second kappa shape index (κ2) is 7.97. The second-order valence-electron chi connectivity index (χ2n) is 6.36. The van der Waals surface area contributed by atoms with Crippen molar-refractivity contribution >= 4 is 11.5 Å². The molecule has 146 valence electrons. The van der Waals surface area contributed by atoms with Crippen molar-refractivity contribution in [3.8, 4) is 17.1 Å². The maximum Gasteiger partial charge on any atom is 0.210 e. The smallest absolute Gasteiger partial charge is 0.210 e. The van der Waals surface area contributed by atoms with E-state index in [4.69, 9.17) is 4.74 Å². The van der Waals surface area contributed by atoms with Gasteiger partial charge in [0, 0.05) is 24.4 Å². The van der Waals surface area contributed by atoms with Crippen LogP contribution in [0.3, 0.4) is 0 Å². The highest BCUT2D eigenvalue weighted by molar-refractivity contribution is 6.09. The lowest BCUT2D eigenvalue weighted by Gasteiger charge is -2.24. The molecule has 0 amide bonds. The van der Waals surface area contributed by atoms with Crippen LogP contribution in [-0.4, -0.2) is 32.1 Å². The van der Waals surface area contributed by atoms with E-state index >= 15 is 0 Å². The molecule has 0 atom stereocenters.